The van der Waals surface area contributed by atoms with Crippen LogP contribution in [0, 0.1) is 0 Å². The van der Waals surface area contributed by atoms with E-state index in [2.05, 4.69) is 6.92 Å². The Hall–Kier alpha value is -0.550. The average Bonchev–Trinajstić information content (AvgIpc) is 2.17. The Morgan fingerprint density at radius 2 is 2.19 bits per heavy atom. The summed E-state index contributed by atoms with van der Waals surface area (Å²) in [6.07, 6.45) is -0.854. The Labute approximate surface area is 94.3 Å². The van der Waals surface area contributed by atoms with Crippen LogP contribution in [0.3, 0.4) is 0 Å². The standard InChI is InChI=1S/C11H19F3N2/c1-2-3-10(15)8-16-6-4-9(5-7-16)11(12,13)14/h4,10H,2-3,5-8,15H2,1H3. The topological polar surface area (TPSA) is 29.3 Å². The Morgan fingerprint density at radius 1 is 1.50 bits per heavy atom. The minimum atomic E-state index is -4.16. The molecule has 1 rings (SSSR count). The first-order valence-corrected chi connectivity index (χ1v) is 5.67. The van der Waals surface area contributed by atoms with Crippen LogP contribution in [-0.4, -0.2) is 36.8 Å². The van der Waals surface area contributed by atoms with Crippen molar-refractivity contribution in [2.75, 3.05) is 19.6 Å². The van der Waals surface area contributed by atoms with Gasteiger partial charge in [-0.05, 0) is 12.8 Å². The zero-order valence-electron chi connectivity index (χ0n) is 9.56. The van der Waals surface area contributed by atoms with Crippen LogP contribution in [0.15, 0.2) is 11.6 Å². The first-order valence-electron chi connectivity index (χ1n) is 5.67. The van der Waals surface area contributed by atoms with E-state index in [0.29, 0.717) is 19.6 Å². The molecule has 5 heteroatoms. The van der Waals surface area contributed by atoms with Crippen LogP contribution in [0.2, 0.25) is 0 Å². The van der Waals surface area contributed by atoms with Crippen molar-refractivity contribution in [2.24, 2.45) is 5.73 Å². The van der Waals surface area contributed by atoms with E-state index in [1.54, 1.807) is 0 Å². The van der Waals surface area contributed by atoms with Crippen molar-refractivity contribution in [3.8, 4) is 0 Å². The van der Waals surface area contributed by atoms with Gasteiger partial charge in [-0.25, -0.2) is 0 Å². The third kappa shape index (κ3) is 4.14. The summed E-state index contributed by atoms with van der Waals surface area (Å²) in [4.78, 5) is 1.98. The van der Waals surface area contributed by atoms with Crippen molar-refractivity contribution < 1.29 is 13.2 Å². The van der Waals surface area contributed by atoms with E-state index in [4.69, 9.17) is 5.73 Å². The van der Waals surface area contributed by atoms with Crippen LogP contribution in [0.5, 0.6) is 0 Å². The van der Waals surface area contributed by atoms with Crippen molar-refractivity contribution in [1.82, 2.24) is 4.90 Å². The second kappa shape index (κ2) is 5.68. The molecule has 1 aliphatic heterocycles. The molecule has 0 aromatic rings. The van der Waals surface area contributed by atoms with Gasteiger partial charge < -0.3 is 5.73 Å². The predicted molar refractivity (Wildman–Crippen MR) is 58.1 cm³/mol. The van der Waals surface area contributed by atoms with Gasteiger partial charge in [0.2, 0.25) is 0 Å². The Bertz CT molecular complexity index is 248. The number of rotatable bonds is 4. The van der Waals surface area contributed by atoms with Gasteiger partial charge in [-0.2, -0.15) is 13.2 Å². The normalized spacial score (nSPS) is 20.7. The largest absolute Gasteiger partial charge is 0.412 e. The third-order valence-electron chi connectivity index (χ3n) is 2.81. The summed E-state index contributed by atoms with van der Waals surface area (Å²) >= 11 is 0. The summed E-state index contributed by atoms with van der Waals surface area (Å²) in [7, 11) is 0. The maximum Gasteiger partial charge on any atom is 0.412 e. The molecule has 0 saturated heterocycles. The molecule has 1 heterocycles. The Balaban J connectivity index is 2.39. The van der Waals surface area contributed by atoms with Crippen LogP contribution < -0.4 is 5.73 Å². The van der Waals surface area contributed by atoms with E-state index < -0.39 is 11.7 Å². The molecule has 2 nitrogen and oxygen atoms in total. The van der Waals surface area contributed by atoms with Crippen LogP contribution in [-0.2, 0) is 0 Å². The number of halogens is 3. The third-order valence-corrected chi connectivity index (χ3v) is 2.81. The van der Waals surface area contributed by atoms with Gasteiger partial charge in [0, 0.05) is 31.2 Å². The first kappa shape index (κ1) is 13.5. The molecule has 0 bridgehead atoms. The van der Waals surface area contributed by atoms with E-state index in [0.717, 1.165) is 12.8 Å². The quantitative estimate of drug-likeness (QED) is 0.759. The fraction of sp³-hybridized carbons (Fsp3) is 0.818. The molecule has 1 unspecified atom stereocenters. The highest BCUT2D eigenvalue weighted by molar-refractivity contribution is 5.13. The Morgan fingerprint density at radius 3 is 2.62 bits per heavy atom. The van der Waals surface area contributed by atoms with E-state index in [9.17, 15) is 13.2 Å². The summed E-state index contributed by atoms with van der Waals surface area (Å²) in [6.45, 7) is 3.57. The minimum Gasteiger partial charge on any atom is -0.327 e. The van der Waals surface area contributed by atoms with Crippen molar-refractivity contribution in [3.05, 3.63) is 11.6 Å². The highest BCUT2D eigenvalue weighted by atomic mass is 19.4. The number of nitrogens with two attached hydrogens (primary N) is 1. The fourth-order valence-corrected chi connectivity index (χ4v) is 1.93. The zero-order valence-corrected chi connectivity index (χ0v) is 9.56. The van der Waals surface area contributed by atoms with Crippen molar-refractivity contribution in [1.29, 1.82) is 0 Å². The zero-order chi connectivity index (χ0) is 12.2. The summed E-state index contributed by atoms with van der Waals surface area (Å²) in [5.74, 6) is 0. The summed E-state index contributed by atoms with van der Waals surface area (Å²) in [5.41, 5.74) is 5.46. The first-order chi connectivity index (χ1) is 7.43. The molecule has 2 N–H and O–H groups in total. The van der Waals surface area contributed by atoms with Gasteiger partial charge in [0.1, 0.15) is 0 Å². The molecule has 0 radical (unpaired) electrons. The SMILES string of the molecule is CCCC(N)CN1CC=C(C(F)(F)F)CC1. The lowest BCUT2D eigenvalue weighted by Crippen LogP contribution is -2.40. The van der Waals surface area contributed by atoms with Crippen LogP contribution in [0.1, 0.15) is 26.2 Å². The second-order valence-electron chi connectivity index (χ2n) is 4.29. The van der Waals surface area contributed by atoms with Crippen molar-refractivity contribution >= 4 is 0 Å². The van der Waals surface area contributed by atoms with Gasteiger partial charge in [0.25, 0.3) is 0 Å². The second-order valence-corrected chi connectivity index (χ2v) is 4.29. The number of alkyl halides is 3. The predicted octanol–water partition coefficient (Wildman–Crippen LogP) is 2.31. The summed E-state index contributed by atoms with van der Waals surface area (Å²) < 4.78 is 37.0. The number of nitrogens with zero attached hydrogens (tertiary/aromatic N) is 1. The van der Waals surface area contributed by atoms with Gasteiger partial charge in [-0.3, -0.25) is 4.90 Å². The van der Waals surface area contributed by atoms with Crippen LogP contribution in [0.4, 0.5) is 13.2 Å². The molecular formula is C11H19F3N2. The minimum absolute atomic E-state index is 0.0748. The molecule has 1 atom stereocenters. The smallest absolute Gasteiger partial charge is 0.327 e. The molecule has 0 fully saturated rings. The maximum absolute atomic E-state index is 12.3. The monoisotopic (exact) mass is 236 g/mol. The van der Waals surface area contributed by atoms with Gasteiger partial charge in [-0.15, -0.1) is 0 Å². The van der Waals surface area contributed by atoms with Crippen LogP contribution in [0.25, 0.3) is 0 Å². The molecule has 16 heavy (non-hydrogen) atoms. The lowest BCUT2D eigenvalue weighted by molar-refractivity contribution is -0.0960. The molecule has 0 aliphatic carbocycles. The average molecular weight is 236 g/mol. The van der Waals surface area contributed by atoms with Crippen LogP contribution >= 0.6 is 0 Å². The molecule has 0 aromatic carbocycles. The number of hydrogen-bond acceptors (Lipinski definition) is 2. The highest BCUT2D eigenvalue weighted by Crippen LogP contribution is 2.30. The van der Waals surface area contributed by atoms with Gasteiger partial charge in [0.05, 0.1) is 0 Å². The van der Waals surface area contributed by atoms with Gasteiger partial charge >= 0.3 is 6.18 Å². The lowest BCUT2D eigenvalue weighted by Gasteiger charge is -2.29. The molecule has 0 saturated carbocycles. The highest BCUT2D eigenvalue weighted by Gasteiger charge is 2.34. The summed E-state index contributed by atoms with van der Waals surface area (Å²) in [6, 6.07) is 0.0748. The fourth-order valence-electron chi connectivity index (χ4n) is 1.93. The molecule has 1 aliphatic rings. The maximum atomic E-state index is 12.3. The van der Waals surface area contributed by atoms with E-state index in [1.807, 2.05) is 4.90 Å². The molecule has 94 valence electrons. The lowest BCUT2D eigenvalue weighted by atomic mass is 10.1. The van der Waals surface area contributed by atoms with Crippen molar-refractivity contribution in [3.63, 3.8) is 0 Å². The molecular weight excluding hydrogens is 217 g/mol. The van der Waals surface area contributed by atoms with E-state index in [-0.39, 0.29) is 12.5 Å². The molecule has 0 amide bonds. The van der Waals surface area contributed by atoms with Gasteiger partial charge in [-0.1, -0.05) is 19.4 Å². The molecule has 0 aromatic heterocycles. The van der Waals surface area contributed by atoms with E-state index >= 15 is 0 Å². The van der Waals surface area contributed by atoms with Crippen molar-refractivity contribution in [2.45, 2.75) is 38.4 Å². The number of hydrogen-bond donors (Lipinski definition) is 1. The van der Waals surface area contributed by atoms with Gasteiger partial charge in [0.15, 0.2) is 0 Å². The van der Waals surface area contributed by atoms with E-state index in [1.165, 1.54) is 6.08 Å². The summed E-state index contributed by atoms with van der Waals surface area (Å²) in [5, 5.41) is 0. The molecule has 0 spiro atoms. The Kier molecular flexibility index (Phi) is 4.80.